The first-order chi connectivity index (χ1) is 8.09. The third-order valence-electron chi connectivity index (χ3n) is 2.92. The highest BCUT2D eigenvalue weighted by Crippen LogP contribution is 2.21. The van der Waals surface area contributed by atoms with Crippen molar-refractivity contribution in [2.45, 2.75) is 13.0 Å². The van der Waals surface area contributed by atoms with Gasteiger partial charge in [0.1, 0.15) is 0 Å². The SMILES string of the molecule is CC1CNCCN1C(=O)c1ccc(I)cc1Cl. The summed E-state index contributed by atoms with van der Waals surface area (Å²) in [6, 6.07) is 5.75. The van der Waals surface area contributed by atoms with Crippen LogP contribution in [0.15, 0.2) is 18.2 Å². The fraction of sp³-hybridized carbons (Fsp3) is 0.417. The number of carbonyl (C=O) groups excluding carboxylic acids is 1. The molecule has 0 bridgehead atoms. The van der Waals surface area contributed by atoms with Crippen LogP contribution in [0.1, 0.15) is 17.3 Å². The van der Waals surface area contributed by atoms with Gasteiger partial charge >= 0.3 is 0 Å². The van der Waals surface area contributed by atoms with Crippen LogP contribution in [0.25, 0.3) is 0 Å². The van der Waals surface area contributed by atoms with Crippen LogP contribution < -0.4 is 5.32 Å². The molecule has 1 fully saturated rings. The molecule has 0 aromatic heterocycles. The predicted octanol–water partition coefficient (Wildman–Crippen LogP) is 2.38. The lowest BCUT2D eigenvalue weighted by Gasteiger charge is -2.34. The third kappa shape index (κ3) is 2.92. The number of hydrogen-bond acceptors (Lipinski definition) is 2. The number of hydrogen-bond donors (Lipinski definition) is 1. The molecular weight excluding hydrogens is 351 g/mol. The lowest BCUT2D eigenvalue weighted by Crippen LogP contribution is -2.52. The highest BCUT2D eigenvalue weighted by Gasteiger charge is 2.25. The maximum Gasteiger partial charge on any atom is 0.255 e. The average Bonchev–Trinajstić information content (AvgIpc) is 2.29. The van der Waals surface area contributed by atoms with E-state index in [2.05, 4.69) is 27.9 Å². The molecule has 0 aliphatic carbocycles. The summed E-state index contributed by atoms with van der Waals surface area (Å²) in [7, 11) is 0. The number of rotatable bonds is 1. The van der Waals surface area contributed by atoms with Gasteiger partial charge in [0.2, 0.25) is 0 Å². The Kier molecular flexibility index (Phi) is 4.27. The Balaban J connectivity index is 2.24. The molecule has 92 valence electrons. The number of nitrogens with zero attached hydrogens (tertiary/aromatic N) is 1. The molecule has 1 N–H and O–H groups in total. The summed E-state index contributed by atoms with van der Waals surface area (Å²) in [6.07, 6.45) is 0. The van der Waals surface area contributed by atoms with Gasteiger partial charge in [0, 0.05) is 29.2 Å². The first kappa shape index (κ1) is 13.1. The number of nitrogens with one attached hydrogen (secondary N) is 1. The number of amides is 1. The predicted molar refractivity (Wildman–Crippen MR) is 77.5 cm³/mol. The first-order valence-corrected chi connectivity index (χ1v) is 7.02. The molecule has 0 radical (unpaired) electrons. The largest absolute Gasteiger partial charge is 0.333 e. The molecule has 1 amide bonds. The average molecular weight is 365 g/mol. The fourth-order valence-electron chi connectivity index (χ4n) is 1.96. The van der Waals surface area contributed by atoms with E-state index in [0.29, 0.717) is 10.6 Å². The van der Waals surface area contributed by atoms with Crippen LogP contribution in [0.3, 0.4) is 0 Å². The van der Waals surface area contributed by atoms with Crippen molar-refractivity contribution in [3.05, 3.63) is 32.4 Å². The summed E-state index contributed by atoms with van der Waals surface area (Å²) in [4.78, 5) is 14.2. The van der Waals surface area contributed by atoms with Crippen molar-refractivity contribution in [1.29, 1.82) is 0 Å². The second kappa shape index (κ2) is 5.54. The van der Waals surface area contributed by atoms with Crippen molar-refractivity contribution in [2.24, 2.45) is 0 Å². The highest BCUT2D eigenvalue weighted by atomic mass is 127. The zero-order valence-corrected chi connectivity index (χ0v) is 12.5. The van der Waals surface area contributed by atoms with Crippen molar-refractivity contribution in [3.63, 3.8) is 0 Å². The molecule has 1 unspecified atom stereocenters. The topological polar surface area (TPSA) is 32.3 Å². The second-order valence-electron chi connectivity index (χ2n) is 4.18. The summed E-state index contributed by atoms with van der Waals surface area (Å²) in [6.45, 7) is 4.47. The summed E-state index contributed by atoms with van der Waals surface area (Å²) in [5.41, 5.74) is 0.598. The standard InChI is InChI=1S/C12H14ClIN2O/c1-8-7-15-4-5-16(8)12(17)10-3-2-9(14)6-11(10)13/h2-3,6,8,15H,4-5,7H2,1H3. The van der Waals surface area contributed by atoms with Crippen molar-refractivity contribution >= 4 is 40.1 Å². The normalized spacial score (nSPS) is 20.4. The molecule has 1 aromatic carbocycles. The molecule has 3 nitrogen and oxygen atoms in total. The molecule has 1 heterocycles. The van der Waals surface area contributed by atoms with Crippen molar-refractivity contribution in [1.82, 2.24) is 10.2 Å². The summed E-state index contributed by atoms with van der Waals surface area (Å²) >= 11 is 8.31. The van der Waals surface area contributed by atoms with Gasteiger partial charge < -0.3 is 10.2 Å². The maximum atomic E-state index is 12.4. The van der Waals surface area contributed by atoms with Gasteiger partial charge in [0.25, 0.3) is 5.91 Å². The Morgan fingerprint density at radius 3 is 3.00 bits per heavy atom. The van der Waals surface area contributed by atoms with Gasteiger partial charge in [0.05, 0.1) is 10.6 Å². The van der Waals surface area contributed by atoms with Crippen LogP contribution in [0.5, 0.6) is 0 Å². The first-order valence-electron chi connectivity index (χ1n) is 5.56. The number of carbonyl (C=O) groups is 1. The van der Waals surface area contributed by atoms with Crippen LogP contribution in [0.4, 0.5) is 0 Å². The summed E-state index contributed by atoms with van der Waals surface area (Å²) in [5, 5.41) is 3.80. The van der Waals surface area contributed by atoms with E-state index in [1.165, 1.54) is 0 Å². The molecule has 1 aliphatic rings. The quantitative estimate of drug-likeness (QED) is 0.776. The van der Waals surface area contributed by atoms with E-state index in [1.54, 1.807) is 6.07 Å². The molecule has 17 heavy (non-hydrogen) atoms. The minimum Gasteiger partial charge on any atom is -0.333 e. The van der Waals surface area contributed by atoms with E-state index in [-0.39, 0.29) is 11.9 Å². The molecule has 1 atom stereocenters. The van der Waals surface area contributed by atoms with E-state index < -0.39 is 0 Å². The van der Waals surface area contributed by atoms with E-state index in [0.717, 1.165) is 23.2 Å². The van der Waals surface area contributed by atoms with Crippen molar-refractivity contribution < 1.29 is 4.79 Å². The number of piperazine rings is 1. The Labute approximate surface area is 120 Å². The molecule has 0 saturated carbocycles. The van der Waals surface area contributed by atoms with E-state index in [9.17, 15) is 4.79 Å². The minimum atomic E-state index is 0.0281. The number of benzene rings is 1. The van der Waals surface area contributed by atoms with E-state index in [1.807, 2.05) is 24.0 Å². The zero-order chi connectivity index (χ0) is 12.4. The molecule has 1 aliphatic heterocycles. The Hall–Kier alpha value is -0.330. The van der Waals surface area contributed by atoms with Gasteiger partial charge in [0.15, 0.2) is 0 Å². The van der Waals surface area contributed by atoms with Crippen LogP contribution in [0, 0.1) is 3.57 Å². The molecular formula is C12H14ClIN2O. The molecule has 0 spiro atoms. The van der Waals surface area contributed by atoms with Crippen LogP contribution in [0.2, 0.25) is 5.02 Å². The zero-order valence-electron chi connectivity index (χ0n) is 9.54. The second-order valence-corrected chi connectivity index (χ2v) is 5.83. The van der Waals surface area contributed by atoms with Crippen LogP contribution >= 0.6 is 34.2 Å². The molecule has 2 rings (SSSR count). The summed E-state index contributed by atoms with van der Waals surface area (Å²) < 4.78 is 1.04. The van der Waals surface area contributed by atoms with Gasteiger partial charge in [-0.2, -0.15) is 0 Å². The van der Waals surface area contributed by atoms with E-state index in [4.69, 9.17) is 11.6 Å². The Morgan fingerprint density at radius 2 is 2.35 bits per heavy atom. The maximum absolute atomic E-state index is 12.4. The van der Waals surface area contributed by atoms with Gasteiger partial charge in [-0.25, -0.2) is 0 Å². The van der Waals surface area contributed by atoms with Crippen LogP contribution in [-0.4, -0.2) is 36.5 Å². The lowest BCUT2D eigenvalue weighted by molar-refractivity contribution is 0.0656. The van der Waals surface area contributed by atoms with Gasteiger partial charge in [-0.05, 0) is 47.7 Å². The summed E-state index contributed by atoms with van der Waals surface area (Å²) in [5.74, 6) is 0.0281. The van der Waals surface area contributed by atoms with Gasteiger partial charge in [-0.1, -0.05) is 11.6 Å². The monoisotopic (exact) mass is 364 g/mol. The van der Waals surface area contributed by atoms with Crippen LogP contribution in [-0.2, 0) is 0 Å². The number of halogens is 2. The lowest BCUT2D eigenvalue weighted by atomic mass is 10.1. The van der Waals surface area contributed by atoms with Gasteiger partial charge in [-0.3, -0.25) is 4.79 Å². The molecule has 1 saturated heterocycles. The third-order valence-corrected chi connectivity index (χ3v) is 3.91. The van der Waals surface area contributed by atoms with E-state index >= 15 is 0 Å². The highest BCUT2D eigenvalue weighted by molar-refractivity contribution is 14.1. The molecule has 1 aromatic rings. The Morgan fingerprint density at radius 1 is 1.59 bits per heavy atom. The Bertz CT molecular complexity index is 439. The van der Waals surface area contributed by atoms with Gasteiger partial charge in [-0.15, -0.1) is 0 Å². The van der Waals surface area contributed by atoms with Crippen molar-refractivity contribution in [2.75, 3.05) is 19.6 Å². The molecule has 5 heteroatoms. The minimum absolute atomic E-state index is 0.0281. The van der Waals surface area contributed by atoms with Crippen molar-refractivity contribution in [3.8, 4) is 0 Å². The smallest absolute Gasteiger partial charge is 0.255 e. The fourth-order valence-corrected chi connectivity index (χ4v) is 2.90.